The molecule has 0 saturated carbocycles. The molecular weight excluding hydrogens is 321 g/mol. The molecule has 0 aliphatic heterocycles. The number of fused-ring (bicyclic) bond motifs is 1. The highest BCUT2D eigenvalue weighted by molar-refractivity contribution is 6.04. The fourth-order valence-corrected chi connectivity index (χ4v) is 2.44. The maximum absolute atomic E-state index is 13.0. The number of rotatable bonds is 3. The molecule has 0 bridgehead atoms. The van der Waals surface area contributed by atoms with Crippen LogP contribution in [0.4, 0.5) is 10.1 Å². The molecule has 122 valence electrons. The average Bonchev–Trinajstić information content (AvgIpc) is 3.10. The van der Waals surface area contributed by atoms with E-state index in [1.165, 1.54) is 30.6 Å². The van der Waals surface area contributed by atoms with Gasteiger partial charge in [-0.2, -0.15) is 9.61 Å². The Hall–Kier alpha value is -3.61. The van der Waals surface area contributed by atoms with Crippen LogP contribution in [0.2, 0.25) is 0 Å². The molecule has 0 saturated heterocycles. The Morgan fingerprint density at radius 2 is 1.88 bits per heavy atom. The van der Waals surface area contributed by atoms with E-state index in [4.69, 9.17) is 0 Å². The van der Waals surface area contributed by atoms with Gasteiger partial charge in [-0.15, -0.1) is 10.2 Å². The van der Waals surface area contributed by atoms with E-state index in [-0.39, 0.29) is 11.7 Å². The van der Waals surface area contributed by atoms with Crippen LogP contribution in [-0.2, 0) is 0 Å². The maximum atomic E-state index is 13.0. The highest BCUT2D eigenvalue weighted by Crippen LogP contribution is 2.21. The molecule has 6 nitrogen and oxygen atoms in total. The van der Waals surface area contributed by atoms with Gasteiger partial charge < -0.3 is 5.32 Å². The van der Waals surface area contributed by atoms with Gasteiger partial charge >= 0.3 is 0 Å². The van der Waals surface area contributed by atoms with Crippen LogP contribution < -0.4 is 5.32 Å². The number of anilines is 1. The summed E-state index contributed by atoms with van der Waals surface area (Å²) in [5, 5.41) is 14.9. The number of hydrogen-bond donors (Lipinski definition) is 1. The van der Waals surface area contributed by atoms with E-state index in [0.29, 0.717) is 16.9 Å². The molecule has 0 aliphatic carbocycles. The summed E-state index contributed by atoms with van der Waals surface area (Å²) in [6.45, 7) is 0. The minimum absolute atomic E-state index is 0.306. The summed E-state index contributed by atoms with van der Waals surface area (Å²) in [6.07, 6.45) is 1.53. The van der Waals surface area contributed by atoms with Gasteiger partial charge in [0.15, 0.2) is 5.65 Å². The lowest BCUT2D eigenvalue weighted by molar-refractivity contribution is 0.102. The van der Waals surface area contributed by atoms with Crippen LogP contribution in [0, 0.1) is 5.82 Å². The maximum Gasteiger partial charge on any atom is 0.255 e. The minimum Gasteiger partial charge on any atom is -0.322 e. The first-order valence-corrected chi connectivity index (χ1v) is 7.53. The molecule has 0 spiro atoms. The summed E-state index contributed by atoms with van der Waals surface area (Å²) < 4.78 is 14.5. The van der Waals surface area contributed by atoms with Gasteiger partial charge in [0.25, 0.3) is 5.91 Å². The summed E-state index contributed by atoms with van der Waals surface area (Å²) in [5.74, 6) is -0.687. The average molecular weight is 333 g/mol. The van der Waals surface area contributed by atoms with Crippen molar-refractivity contribution in [3.05, 3.63) is 78.4 Å². The Kier molecular flexibility index (Phi) is 3.66. The highest BCUT2D eigenvalue weighted by atomic mass is 19.1. The number of benzene rings is 2. The Balaban J connectivity index is 1.60. The molecule has 4 aromatic rings. The molecular formula is C18H12FN5O. The van der Waals surface area contributed by atoms with Gasteiger partial charge in [0.1, 0.15) is 12.1 Å². The van der Waals surface area contributed by atoms with Crippen molar-refractivity contribution in [2.24, 2.45) is 0 Å². The molecule has 7 heteroatoms. The number of nitrogens with one attached hydrogen (secondary N) is 1. The van der Waals surface area contributed by atoms with E-state index in [0.717, 1.165) is 11.3 Å². The van der Waals surface area contributed by atoms with Crippen LogP contribution >= 0.6 is 0 Å². The monoisotopic (exact) mass is 333 g/mol. The van der Waals surface area contributed by atoms with Crippen molar-refractivity contribution in [3.8, 4) is 11.3 Å². The normalized spacial score (nSPS) is 10.8. The second-order valence-electron chi connectivity index (χ2n) is 5.39. The van der Waals surface area contributed by atoms with Crippen LogP contribution in [0.3, 0.4) is 0 Å². The van der Waals surface area contributed by atoms with Gasteiger partial charge in [-0.1, -0.05) is 12.1 Å². The van der Waals surface area contributed by atoms with Gasteiger partial charge in [-0.05, 0) is 48.5 Å². The van der Waals surface area contributed by atoms with Gasteiger partial charge in [0, 0.05) is 16.8 Å². The molecule has 0 atom stereocenters. The standard InChI is InChI=1S/C18H12FN5O/c19-14-6-4-12(5-7-14)18(25)21-15-3-1-2-13(10-15)16-8-9-17-22-20-11-24(17)23-16/h1-11H,(H,21,25). The van der Waals surface area contributed by atoms with Crippen LogP contribution in [-0.4, -0.2) is 25.7 Å². The number of hydrogen-bond acceptors (Lipinski definition) is 4. The fraction of sp³-hybridized carbons (Fsp3) is 0. The molecule has 0 radical (unpaired) electrons. The number of nitrogens with zero attached hydrogens (tertiary/aromatic N) is 4. The lowest BCUT2D eigenvalue weighted by Gasteiger charge is -2.07. The Morgan fingerprint density at radius 3 is 2.72 bits per heavy atom. The summed E-state index contributed by atoms with van der Waals surface area (Å²) in [5.41, 5.74) is 3.23. The van der Waals surface area contributed by atoms with E-state index >= 15 is 0 Å². The smallest absolute Gasteiger partial charge is 0.255 e. The Bertz CT molecular complexity index is 1060. The minimum atomic E-state index is -0.381. The first-order valence-electron chi connectivity index (χ1n) is 7.53. The zero-order valence-corrected chi connectivity index (χ0v) is 12.9. The molecule has 1 N–H and O–H groups in total. The molecule has 0 unspecified atom stereocenters. The van der Waals surface area contributed by atoms with E-state index in [2.05, 4.69) is 20.6 Å². The number of carbonyl (C=O) groups is 1. The van der Waals surface area contributed by atoms with Crippen molar-refractivity contribution < 1.29 is 9.18 Å². The third kappa shape index (κ3) is 3.07. The van der Waals surface area contributed by atoms with Crippen molar-refractivity contribution in [1.29, 1.82) is 0 Å². The second kappa shape index (κ2) is 6.12. The molecule has 2 aromatic heterocycles. The predicted octanol–water partition coefficient (Wildman–Crippen LogP) is 3.18. The fourth-order valence-electron chi connectivity index (χ4n) is 2.44. The Labute approximate surface area is 142 Å². The summed E-state index contributed by atoms with van der Waals surface area (Å²) in [7, 11) is 0. The SMILES string of the molecule is O=C(Nc1cccc(-c2ccc3nncn3n2)c1)c1ccc(F)cc1. The van der Waals surface area contributed by atoms with Crippen LogP contribution in [0.25, 0.3) is 16.9 Å². The van der Waals surface area contributed by atoms with Crippen molar-refractivity contribution in [1.82, 2.24) is 19.8 Å². The van der Waals surface area contributed by atoms with Gasteiger partial charge in [0.2, 0.25) is 0 Å². The van der Waals surface area contributed by atoms with E-state index in [1.807, 2.05) is 30.3 Å². The molecule has 0 aliphatic rings. The predicted molar refractivity (Wildman–Crippen MR) is 90.6 cm³/mol. The van der Waals surface area contributed by atoms with Crippen molar-refractivity contribution in [3.63, 3.8) is 0 Å². The quantitative estimate of drug-likeness (QED) is 0.625. The molecule has 25 heavy (non-hydrogen) atoms. The first kappa shape index (κ1) is 14.9. The number of halogens is 1. The molecule has 0 fully saturated rings. The van der Waals surface area contributed by atoms with Crippen LogP contribution in [0.5, 0.6) is 0 Å². The first-order chi connectivity index (χ1) is 12.2. The van der Waals surface area contributed by atoms with Gasteiger partial charge in [0.05, 0.1) is 5.69 Å². The zero-order valence-electron chi connectivity index (χ0n) is 12.9. The zero-order chi connectivity index (χ0) is 17.2. The third-order valence-corrected chi connectivity index (χ3v) is 3.68. The van der Waals surface area contributed by atoms with Crippen molar-refractivity contribution in [2.45, 2.75) is 0 Å². The molecule has 2 heterocycles. The number of amides is 1. The van der Waals surface area contributed by atoms with Gasteiger partial charge in [-0.25, -0.2) is 4.39 Å². The van der Waals surface area contributed by atoms with Gasteiger partial charge in [-0.3, -0.25) is 4.79 Å². The van der Waals surface area contributed by atoms with Crippen LogP contribution in [0.15, 0.2) is 67.0 Å². The summed E-state index contributed by atoms with van der Waals surface area (Å²) >= 11 is 0. The van der Waals surface area contributed by atoms with E-state index in [9.17, 15) is 9.18 Å². The lowest BCUT2D eigenvalue weighted by Crippen LogP contribution is -2.11. The van der Waals surface area contributed by atoms with Crippen molar-refractivity contribution in [2.75, 3.05) is 5.32 Å². The number of carbonyl (C=O) groups excluding carboxylic acids is 1. The van der Waals surface area contributed by atoms with Crippen molar-refractivity contribution >= 4 is 17.2 Å². The van der Waals surface area contributed by atoms with Crippen LogP contribution in [0.1, 0.15) is 10.4 Å². The summed E-state index contributed by atoms with van der Waals surface area (Å²) in [4.78, 5) is 12.2. The second-order valence-corrected chi connectivity index (χ2v) is 5.39. The third-order valence-electron chi connectivity index (χ3n) is 3.68. The Morgan fingerprint density at radius 1 is 1.04 bits per heavy atom. The van der Waals surface area contributed by atoms with E-state index in [1.54, 1.807) is 10.6 Å². The largest absolute Gasteiger partial charge is 0.322 e. The topological polar surface area (TPSA) is 72.2 Å². The van der Waals surface area contributed by atoms with E-state index < -0.39 is 0 Å². The molecule has 1 amide bonds. The lowest BCUT2D eigenvalue weighted by atomic mass is 10.1. The molecule has 4 rings (SSSR count). The summed E-state index contributed by atoms with van der Waals surface area (Å²) in [6, 6.07) is 16.4. The number of aromatic nitrogens is 4. The highest BCUT2D eigenvalue weighted by Gasteiger charge is 2.08. The molecule has 2 aromatic carbocycles.